The van der Waals surface area contributed by atoms with Gasteiger partial charge in [0.1, 0.15) is 6.10 Å². The number of esters is 1. The monoisotopic (exact) mass is 290 g/mol. The van der Waals surface area contributed by atoms with E-state index in [1.165, 1.54) is 11.6 Å². The molecule has 114 valence electrons. The fourth-order valence-corrected chi connectivity index (χ4v) is 2.14. The van der Waals surface area contributed by atoms with Gasteiger partial charge in [0.15, 0.2) is 0 Å². The molecule has 0 N–H and O–H groups in total. The SMILES string of the molecule is CCOC(=O)/C=C/[C@@H]1O[C@H]1[C@@H](C)COCc1ccccc1. The zero-order chi connectivity index (χ0) is 15.1. The first-order valence-corrected chi connectivity index (χ1v) is 7.32. The van der Waals surface area contributed by atoms with Gasteiger partial charge in [-0.15, -0.1) is 0 Å². The molecule has 4 nitrogen and oxygen atoms in total. The molecule has 0 saturated carbocycles. The van der Waals surface area contributed by atoms with Crippen LogP contribution in [0.4, 0.5) is 0 Å². The van der Waals surface area contributed by atoms with Crippen LogP contribution < -0.4 is 0 Å². The van der Waals surface area contributed by atoms with Crippen molar-refractivity contribution in [3.8, 4) is 0 Å². The fraction of sp³-hybridized carbons (Fsp3) is 0.471. The molecule has 1 aliphatic rings. The van der Waals surface area contributed by atoms with Crippen molar-refractivity contribution < 1.29 is 19.0 Å². The van der Waals surface area contributed by atoms with Crippen LogP contribution in [-0.2, 0) is 25.6 Å². The second-order valence-corrected chi connectivity index (χ2v) is 5.15. The fourth-order valence-electron chi connectivity index (χ4n) is 2.14. The third-order valence-electron chi connectivity index (χ3n) is 3.32. The molecule has 0 radical (unpaired) electrons. The zero-order valence-electron chi connectivity index (χ0n) is 12.5. The molecule has 1 heterocycles. The first-order valence-electron chi connectivity index (χ1n) is 7.32. The lowest BCUT2D eigenvalue weighted by atomic mass is 10.1. The topological polar surface area (TPSA) is 48.1 Å². The van der Waals surface area contributed by atoms with Crippen LogP contribution in [0.2, 0.25) is 0 Å². The summed E-state index contributed by atoms with van der Waals surface area (Å²) in [4.78, 5) is 11.2. The standard InChI is InChI=1S/C17H22O4/c1-3-20-16(18)10-9-15-17(21-15)13(2)11-19-12-14-7-5-4-6-8-14/h4-10,13,15,17H,3,11-12H2,1-2H3/b10-9+/t13-,15-,17-/m0/s1. The Bertz CT molecular complexity index is 469. The van der Waals surface area contributed by atoms with Crippen molar-refractivity contribution in [3.63, 3.8) is 0 Å². The minimum Gasteiger partial charge on any atom is -0.463 e. The van der Waals surface area contributed by atoms with Crippen LogP contribution in [0, 0.1) is 5.92 Å². The van der Waals surface area contributed by atoms with E-state index in [0.717, 1.165) is 0 Å². The highest BCUT2D eigenvalue weighted by Crippen LogP contribution is 2.30. The van der Waals surface area contributed by atoms with Crippen LogP contribution in [0.3, 0.4) is 0 Å². The largest absolute Gasteiger partial charge is 0.463 e. The molecule has 1 aliphatic heterocycles. The van der Waals surface area contributed by atoms with Crippen LogP contribution >= 0.6 is 0 Å². The lowest BCUT2D eigenvalue weighted by molar-refractivity contribution is -0.137. The van der Waals surface area contributed by atoms with Gasteiger partial charge in [-0.1, -0.05) is 37.3 Å². The number of carbonyl (C=O) groups is 1. The van der Waals surface area contributed by atoms with Gasteiger partial charge in [-0.25, -0.2) is 4.79 Å². The summed E-state index contributed by atoms with van der Waals surface area (Å²) < 4.78 is 16.1. The van der Waals surface area contributed by atoms with E-state index in [-0.39, 0.29) is 18.2 Å². The average Bonchev–Trinajstić information content (AvgIpc) is 3.26. The van der Waals surface area contributed by atoms with Gasteiger partial charge in [0.2, 0.25) is 0 Å². The second kappa shape index (κ2) is 7.96. The Balaban J connectivity index is 1.64. The molecule has 2 rings (SSSR count). The Labute approximate surface area is 125 Å². The number of carbonyl (C=O) groups excluding carboxylic acids is 1. The Morgan fingerprint density at radius 2 is 2.14 bits per heavy atom. The van der Waals surface area contributed by atoms with Crippen molar-refractivity contribution in [2.75, 3.05) is 13.2 Å². The Hall–Kier alpha value is -1.65. The van der Waals surface area contributed by atoms with Gasteiger partial charge in [0.25, 0.3) is 0 Å². The Kier molecular flexibility index (Phi) is 5.96. The Morgan fingerprint density at radius 3 is 2.86 bits per heavy atom. The van der Waals surface area contributed by atoms with Gasteiger partial charge in [0.05, 0.1) is 25.9 Å². The van der Waals surface area contributed by atoms with E-state index in [2.05, 4.69) is 6.92 Å². The third-order valence-corrected chi connectivity index (χ3v) is 3.32. The molecule has 1 saturated heterocycles. The Morgan fingerprint density at radius 1 is 1.38 bits per heavy atom. The molecule has 0 aliphatic carbocycles. The van der Waals surface area contributed by atoms with Crippen molar-refractivity contribution >= 4 is 5.97 Å². The molecule has 0 bridgehead atoms. The van der Waals surface area contributed by atoms with Gasteiger partial charge in [-0.2, -0.15) is 0 Å². The molecular formula is C17H22O4. The smallest absolute Gasteiger partial charge is 0.330 e. The highest BCUT2D eigenvalue weighted by Gasteiger charge is 2.41. The van der Waals surface area contributed by atoms with Crippen LogP contribution in [0.15, 0.2) is 42.5 Å². The first kappa shape index (κ1) is 15.7. The van der Waals surface area contributed by atoms with Crippen molar-refractivity contribution in [1.82, 2.24) is 0 Å². The molecule has 0 amide bonds. The summed E-state index contributed by atoms with van der Waals surface area (Å²) >= 11 is 0. The van der Waals surface area contributed by atoms with Crippen molar-refractivity contribution in [2.45, 2.75) is 32.7 Å². The van der Waals surface area contributed by atoms with E-state index in [0.29, 0.717) is 25.7 Å². The number of hydrogen-bond donors (Lipinski definition) is 0. The molecule has 0 unspecified atom stereocenters. The summed E-state index contributed by atoms with van der Waals surface area (Å²) in [6.45, 7) is 5.52. The van der Waals surface area contributed by atoms with Crippen molar-refractivity contribution in [1.29, 1.82) is 0 Å². The van der Waals surface area contributed by atoms with Gasteiger partial charge in [0, 0.05) is 12.0 Å². The summed E-state index contributed by atoms with van der Waals surface area (Å²) in [6.07, 6.45) is 3.33. The molecule has 1 fully saturated rings. The second-order valence-electron chi connectivity index (χ2n) is 5.15. The minimum atomic E-state index is -0.320. The maximum Gasteiger partial charge on any atom is 0.330 e. The van der Waals surface area contributed by atoms with Crippen LogP contribution in [0.25, 0.3) is 0 Å². The van der Waals surface area contributed by atoms with Crippen molar-refractivity contribution in [3.05, 3.63) is 48.0 Å². The number of epoxide rings is 1. The van der Waals surface area contributed by atoms with E-state index < -0.39 is 0 Å². The summed E-state index contributed by atoms with van der Waals surface area (Å²) in [7, 11) is 0. The molecule has 0 aromatic heterocycles. The lowest BCUT2D eigenvalue weighted by Crippen LogP contribution is -2.13. The lowest BCUT2D eigenvalue weighted by Gasteiger charge is -2.09. The minimum absolute atomic E-state index is 0.00438. The predicted molar refractivity (Wildman–Crippen MR) is 79.7 cm³/mol. The molecular weight excluding hydrogens is 268 g/mol. The maximum absolute atomic E-state index is 11.2. The highest BCUT2D eigenvalue weighted by atomic mass is 16.6. The van der Waals surface area contributed by atoms with Gasteiger partial charge < -0.3 is 14.2 Å². The maximum atomic E-state index is 11.2. The molecule has 1 aromatic rings. The van der Waals surface area contributed by atoms with Crippen LogP contribution in [0.5, 0.6) is 0 Å². The summed E-state index contributed by atoms with van der Waals surface area (Å²) in [5.74, 6) is -0.0229. The van der Waals surface area contributed by atoms with E-state index in [9.17, 15) is 4.79 Å². The first-order chi connectivity index (χ1) is 10.2. The van der Waals surface area contributed by atoms with Crippen molar-refractivity contribution in [2.24, 2.45) is 5.92 Å². The van der Waals surface area contributed by atoms with E-state index in [1.807, 2.05) is 30.3 Å². The third kappa shape index (κ3) is 5.33. The van der Waals surface area contributed by atoms with Gasteiger partial charge >= 0.3 is 5.97 Å². The summed E-state index contributed by atoms with van der Waals surface area (Å²) in [5, 5.41) is 0. The predicted octanol–water partition coefficient (Wildman–Crippen LogP) is 2.73. The molecule has 21 heavy (non-hydrogen) atoms. The molecule has 4 heteroatoms. The average molecular weight is 290 g/mol. The van der Waals surface area contributed by atoms with E-state index in [4.69, 9.17) is 14.2 Å². The quantitative estimate of drug-likeness (QED) is 0.419. The highest BCUT2D eigenvalue weighted by molar-refractivity contribution is 5.82. The van der Waals surface area contributed by atoms with Crippen LogP contribution in [0.1, 0.15) is 19.4 Å². The summed E-state index contributed by atoms with van der Waals surface area (Å²) in [5.41, 5.74) is 1.17. The van der Waals surface area contributed by atoms with Crippen LogP contribution in [-0.4, -0.2) is 31.4 Å². The number of benzene rings is 1. The van der Waals surface area contributed by atoms with Gasteiger partial charge in [-0.05, 0) is 18.6 Å². The molecule has 3 atom stereocenters. The normalized spacial score (nSPS) is 22.2. The van der Waals surface area contributed by atoms with E-state index in [1.54, 1.807) is 13.0 Å². The molecule has 0 spiro atoms. The zero-order valence-corrected chi connectivity index (χ0v) is 12.5. The number of rotatable bonds is 8. The number of ether oxygens (including phenoxy) is 3. The molecule has 1 aromatic carbocycles. The van der Waals surface area contributed by atoms with Gasteiger partial charge in [-0.3, -0.25) is 0 Å². The van der Waals surface area contributed by atoms with E-state index >= 15 is 0 Å². The summed E-state index contributed by atoms with van der Waals surface area (Å²) in [6, 6.07) is 10.1. The number of hydrogen-bond acceptors (Lipinski definition) is 4.